The van der Waals surface area contributed by atoms with Crippen LogP contribution in [-0.2, 0) is 16.7 Å². The predicted molar refractivity (Wildman–Crippen MR) is 136 cm³/mol. The first-order valence-electron chi connectivity index (χ1n) is 11.9. The van der Waals surface area contributed by atoms with Gasteiger partial charge in [0.2, 0.25) is 0 Å². The molecule has 6 heteroatoms. The summed E-state index contributed by atoms with van der Waals surface area (Å²) >= 11 is 0.000190. The van der Waals surface area contributed by atoms with E-state index in [2.05, 4.69) is 110 Å². The average molecular weight is 598 g/mol. The first-order valence-corrected chi connectivity index (χ1v) is 13.6. The quantitative estimate of drug-likeness (QED) is 0.380. The van der Waals surface area contributed by atoms with Crippen LogP contribution >= 0.6 is 0 Å². The molecule has 1 spiro atoms. The Balaban J connectivity index is 0.00000171. The molecule has 1 saturated heterocycles. The van der Waals surface area contributed by atoms with Gasteiger partial charge in [0, 0.05) is 0 Å². The molecule has 2 aliphatic rings. The Hall–Kier alpha value is -1.87. The van der Waals surface area contributed by atoms with Crippen LogP contribution in [0.25, 0.3) is 0 Å². The van der Waals surface area contributed by atoms with Gasteiger partial charge in [0.25, 0.3) is 0 Å². The standard InChI is InChI=1S/C29H33N2O.2ClH.Ru/c1-21(2)24-13-7-9-15-26(24)30-18-19-31(27-16-10-8-14-25(27)22(3)4)29(30)20-23-12-6-11-17-28(23)32-5;;;/h6-17,21-22H,18-19H2,1-5H3;2*1H;/q;;;+2/p-2. The Bertz CT molecular complexity index is 1150. The molecule has 0 N–H and O–H groups in total. The van der Waals surface area contributed by atoms with Crippen molar-refractivity contribution in [1.82, 2.24) is 0 Å². The third-order valence-electron chi connectivity index (χ3n) is 6.73. The van der Waals surface area contributed by atoms with E-state index in [0.717, 1.165) is 18.8 Å². The number of halogens is 2. The fraction of sp³-hybridized carbons (Fsp3) is 0.345. The fourth-order valence-corrected chi connectivity index (χ4v) is 8.17. The van der Waals surface area contributed by atoms with Gasteiger partial charge in [0.05, 0.1) is 0 Å². The van der Waals surface area contributed by atoms with Crippen LogP contribution < -0.4 is 39.4 Å². The molecule has 0 radical (unpaired) electrons. The number of nitrogens with zero attached hydrogens (tertiary/aromatic N) is 2. The maximum atomic E-state index is 5.81. The van der Waals surface area contributed by atoms with E-state index in [1.165, 1.54) is 28.1 Å². The van der Waals surface area contributed by atoms with Gasteiger partial charge in [0.1, 0.15) is 0 Å². The van der Waals surface area contributed by atoms with Crippen LogP contribution in [0.4, 0.5) is 11.4 Å². The number of rotatable bonds is 6. The predicted octanol–water partition coefficient (Wildman–Crippen LogP) is 0.247. The molecule has 0 amide bonds. The minimum absolute atomic E-state index is 0. The summed E-state index contributed by atoms with van der Waals surface area (Å²) in [4.78, 5) is 5.42. The summed E-state index contributed by atoms with van der Waals surface area (Å²) in [6.45, 7) is 11.3. The maximum Gasteiger partial charge on any atom is -1.00 e. The third-order valence-corrected chi connectivity index (χ3v) is 9.78. The van der Waals surface area contributed by atoms with Crippen molar-refractivity contribution >= 4 is 15.5 Å². The van der Waals surface area contributed by atoms with Crippen LogP contribution in [0.2, 0.25) is 0 Å². The summed E-state index contributed by atoms with van der Waals surface area (Å²) in [6, 6.07) is 26.6. The zero-order valence-corrected chi connectivity index (χ0v) is 24.2. The number of hydrogen-bond donors (Lipinski definition) is 0. The second-order valence-electron chi connectivity index (χ2n) is 9.39. The van der Waals surface area contributed by atoms with Gasteiger partial charge < -0.3 is 24.8 Å². The van der Waals surface area contributed by atoms with Gasteiger partial charge >= 0.3 is 206 Å². The number of anilines is 2. The molecule has 0 atom stereocenters. The summed E-state index contributed by atoms with van der Waals surface area (Å²) in [5.74, 6) is 1.96. The Morgan fingerprint density at radius 3 is 1.66 bits per heavy atom. The zero-order chi connectivity index (χ0) is 23.2. The van der Waals surface area contributed by atoms with Crippen LogP contribution in [0.5, 0.6) is 5.75 Å². The summed E-state index contributed by atoms with van der Waals surface area (Å²) < 4.78 is 7.30. The van der Waals surface area contributed by atoms with Crippen molar-refractivity contribution in [3.05, 3.63) is 89.5 Å². The van der Waals surface area contributed by atoms with Crippen molar-refractivity contribution in [2.45, 2.75) is 43.8 Å². The van der Waals surface area contributed by atoms with Gasteiger partial charge in [-0.1, -0.05) is 0 Å². The van der Waals surface area contributed by atoms with Gasteiger partial charge in [-0.3, -0.25) is 0 Å². The smallest absolute Gasteiger partial charge is 1.00 e. The van der Waals surface area contributed by atoms with Crippen molar-refractivity contribution in [3.63, 3.8) is 0 Å². The van der Waals surface area contributed by atoms with Crippen LogP contribution in [0.1, 0.15) is 56.2 Å². The molecule has 3 nitrogen and oxygen atoms in total. The number of hydrogen-bond acceptors (Lipinski definition) is 3. The summed E-state index contributed by atoms with van der Waals surface area (Å²) in [5, 5.41) is 0. The van der Waals surface area contributed by atoms with Gasteiger partial charge in [0.15, 0.2) is 0 Å². The molecule has 3 aromatic rings. The van der Waals surface area contributed by atoms with Crippen LogP contribution in [0.3, 0.4) is 0 Å². The van der Waals surface area contributed by atoms with Crippen molar-refractivity contribution < 1.29 is 46.2 Å². The molecule has 0 aliphatic carbocycles. The van der Waals surface area contributed by atoms with E-state index in [9.17, 15) is 0 Å². The largest absolute Gasteiger partial charge is 1.00 e. The Labute approximate surface area is 229 Å². The molecule has 2 heterocycles. The molecule has 0 bridgehead atoms. The number of ether oxygens (including phenoxy) is 1. The molecule has 0 unspecified atom stereocenters. The Morgan fingerprint density at radius 1 is 0.714 bits per heavy atom. The number of para-hydroxylation sites is 3. The van der Waals surface area contributed by atoms with E-state index < -0.39 is 0 Å². The number of methoxy groups -OCH3 is 1. The van der Waals surface area contributed by atoms with Gasteiger partial charge in [-0.2, -0.15) is 0 Å². The molecule has 0 aromatic heterocycles. The number of benzene rings is 3. The van der Waals surface area contributed by atoms with E-state index in [-0.39, 0.29) is 45.7 Å². The monoisotopic (exact) mass is 597 g/mol. The van der Waals surface area contributed by atoms with Crippen molar-refractivity contribution in [2.75, 3.05) is 30.0 Å². The van der Waals surface area contributed by atoms with Gasteiger partial charge in [-0.05, 0) is 0 Å². The van der Waals surface area contributed by atoms with E-state index in [0.29, 0.717) is 11.8 Å². The molecule has 0 saturated carbocycles. The topological polar surface area (TPSA) is 15.7 Å². The first-order chi connectivity index (χ1) is 16.0. The summed E-state index contributed by atoms with van der Waals surface area (Å²) in [7, 11) is 1.79. The molecular formula is C29H33Cl2N2ORu. The Kier molecular flexibility index (Phi) is 8.74. The van der Waals surface area contributed by atoms with Crippen LogP contribution in [0, 0.1) is 0 Å². The molecule has 1 fully saturated rings. The third kappa shape index (κ3) is 4.66. The molecule has 187 valence electrons. The van der Waals surface area contributed by atoms with Gasteiger partial charge in [-0.15, -0.1) is 0 Å². The maximum absolute atomic E-state index is 5.81. The van der Waals surface area contributed by atoms with E-state index in [1.54, 1.807) is 11.2 Å². The average Bonchev–Trinajstić information content (AvgIpc) is 3.45. The molecule has 2 aliphatic heterocycles. The zero-order valence-electron chi connectivity index (χ0n) is 20.9. The molecular weight excluding hydrogens is 564 g/mol. The SMILES string of the molecule is COc1ccccc1[C]1=[Ru+2][C]12N(c1ccccc1C(C)C)CCN2c1ccccc1C(C)C.[Cl-].[Cl-]. The van der Waals surface area contributed by atoms with E-state index in [1.807, 2.05) is 0 Å². The second kappa shape index (κ2) is 11.0. The molecule has 5 rings (SSSR count). The van der Waals surface area contributed by atoms with Crippen LogP contribution in [0.15, 0.2) is 72.8 Å². The molecule has 35 heavy (non-hydrogen) atoms. The van der Waals surface area contributed by atoms with Crippen LogP contribution in [-0.4, -0.2) is 28.6 Å². The minimum Gasteiger partial charge on any atom is -1.00 e. The van der Waals surface area contributed by atoms with E-state index >= 15 is 0 Å². The minimum atomic E-state index is -0.0582. The fourth-order valence-electron chi connectivity index (χ4n) is 5.10. The Morgan fingerprint density at radius 2 is 1.17 bits per heavy atom. The summed E-state index contributed by atoms with van der Waals surface area (Å²) in [5.41, 5.74) is 6.91. The normalized spacial score (nSPS) is 15.7. The molecule has 3 aromatic carbocycles. The van der Waals surface area contributed by atoms with E-state index in [4.69, 9.17) is 4.74 Å². The first kappa shape index (κ1) is 27.7. The van der Waals surface area contributed by atoms with Gasteiger partial charge in [-0.25, -0.2) is 0 Å². The van der Waals surface area contributed by atoms with Crippen molar-refractivity contribution in [3.8, 4) is 5.75 Å². The summed E-state index contributed by atoms with van der Waals surface area (Å²) in [6.07, 6.45) is 0. The van der Waals surface area contributed by atoms with Crippen molar-refractivity contribution in [2.24, 2.45) is 0 Å². The van der Waals surface area contributed by atoms with Crippen molar-refractivity contribution in [1.29, 1.82) is 0 Å². The second-order valence-corrected chi connectivity index (χ2v) is 11.9.